The fourth-order valence-electron chi connectivity index (χ4n) is 5.89. The molecule has 0 aliphatic carbocycles. The summed E-state index contributed by atoms with van der Waals surface area (Å²) in [6, 6.07) is 7.70. The lowest BCUT2D eigenvalue weighted by Gasteiger charge is -2.35. The van der Waals surface area contributed by atoms with Gasteiger partial charge in [0, 0.05) is 53.4 Å². The molecule has 2 aliphatic heterocycles. The van der Waals surface area contributed by atoms with Gasteiger partial charge in [-0.15, -0.1) is 0 Å². The summed E-state index contributed by atoms with van der Waals surface area (Å²) in [6.07, 6.45) is 0.814. The first-order chi connectivity index (χ1) is 20.8. The van der Waals surface area contributed by atoms with E-state index in [9.17, 15) is 32.3 Å². The van der Waals surface area contributed by atoms with Crippen molar-refractivity contribution in [3.05, 3.63) is 64.6 Å². The number of halogens is 4. The van der Waals surface area contributed by atoms with Crippen molar-refractivity contribution in [2.24, 2.45) is 0 Å². The number of ketones is 1. The molecule has 0 spiro atoms. The number of benzene rings is 2. The maximum absolute atomic E-state index is 14.5. The average molecular weight is 632 g/mol. The Morgan fingerprint density at radius 1 is 1.16 bits per heavy atom. The van der Waals surface area contributed by atoms with Gasteiger partial charge >= 0.3 is 6.03 Å². The van der Waals surface area contributed by atoms with Gasteiger partial charge in [0.1, 0.15) is 30.2 Å². The zero-order valence-electron chi connectivity index (χ0n) is 24.3. The molecule has 234 valence electrons. The quantitative estimate of drug-likeness (QED) is 0.348. The number of hydrogen-bond acceptors (Lipinski definition) is 4. The second-order valence-corrected chi connectivity index (χ2v) is 12.1. The van der Waals surface area contributed by atoms with Gasteiger partial charge < -0.3 is 25.0 Å². The lowest BCUT2D eigenvalue weighted by molar-refractivity contribution is -0.139. The van der Waals surface area contributed by atoms with Crippen molar-refractivity contribution >= 4 is 51.8 Å². The number of fused-ring (bicyclic) bond motifs is 1. The Kier molecular flexibility index (Phi) is 8.92. The van der Waals surface area contributed by atoms with E-state index in [4.69, 9.17) is 11.6 Å². The van der Waals surface area contributed by atoms with Gasteiger partial charge in [-0.1, -0.05) is 23.7 Å². The maximum Gasteiger partial charge on any atom is 0.321 e. The average Bonchev–Trinajstić information content (AvgIpc) is 3.53. The number of amides is 4. The van der Waals surface area contributed by atoms with Gasteiger partial charge in [-0.05, 0) is 51.0 Å². The van der Waals surface area contributed by atoms with Gasteiger partial charge in [0.25, 0.3) is 0 Å². The van der Waals surface area contributed by atoms with Crippen molar-refractivity contribution in [1.82, 2.24) is 19.7 Å². The molecule has 0 saturated carbocycles. The first-order valence-electron chi connectivity index (χ1n) is 14.4. The summed E-state index contributed by atoms with van der Waals surface area (Å²) in [5.41, 5.74) is -0.0874. The molecule has 0 bridgehead atoms. The SMILES string of the molecule is CC(=O)c1cn(CC(=O)N2C[C@H](F)C[C@H]2C(=O)NCc2cccc(Cl)c2F)c2ccc(NC(=O)N3CCCC(C)(F)C3)cc12. The van der Waals surface area contributed by atoms with E-state index in [2.05, 4.69) is 10.6 Å². The minimum absolute atomic E-state index is 0.0228. The van der Waals surface area contributed by atoms with Gasteiger partial charge in [0.05, 0.1) is 18.1 Å². The van der Waals surface area contributed by atoms with Crippen LogP contribution in [0.25, 0.3) is 10.9 Å². The molecule has 2 fully saturated rings. The van der Waals surface area contributed by atoms with Crippen molar-refractivity contribution in [3.63, 3.8) is 0 Å². The standard InChI is InChI=1S/C31H33ClF3N5O4/c1-18(41)23-15-39(25-8-7-21(12-22(23)25)37-30(44)38-10-4-9-31(2,35)17-38)16-27(42)40-14-20(33)11-26(40)29(43)36-13-19-5-3-6-24(32)28(19)34/h3,5-8,12,15,20,26H,4,9-11,13-14,16-17H2,1-2H3,(H,36,43)(H,37,44)/t20-,26+,31?/m1/s1. The Balaban J connectivity index is 1.31. The van der Waals surface area contributed by atoms with E-state index in [1.165, 1.54) is 37.1 Å². The summed E-state index contributed by atoms with van der Waals surface area (Å²) in [5, 5.41) is 5.72. The van der Waals surface area contributed by atoms with Gasteiger partial charge in [-0.2, -0.15) is 0 Å². The molecule has 2 aromatic carbocycles. The molecule has 44 heavy (non-hydrogen) atoms. The highest BCUT2D eigenvalue weighted by atomic mass is 35.5. The number of alkyl halides is 2. The molecule has 2 saturated heterocycles. The third kappa shape index (κ3) is 6.69. The molecule has 2 aliphatic rings. The number of aromatic nitrogens is 1. The van der Waals surface area contributed by atoms with Crippen molar-refractivity contribution in [1.29, 1.82) is 0 Å². The van der Waals surface area contributed by atoms with E-state index in [1.807, 2.05) is 0 Å². The monoisotopic (exact) mass is 631 g/mol. The number of piperidine rings is 1. The predicted molar refractivity (Wildman–Crippen MR) is 160 cm³/mol. The Morgan fingerprint density at radius 2 is 1.93 bits per heavy atom. The molecule has 3 atom stereocenters. The van der Waals surface area contributed by atoms with Crippen molar-refractivity contribution in [3.8, 4) is 0 Å². The zero-order chi connectivity index (χ0) is 31.8. The number of nitrogens with zero attached hydrogens (tertiary/aromatic N) is 3. The van der Waals surface area contributed by atoms with Crippen LogP contribution in [0.1, 0.15) is 49.0 Å². The summed E-state index contributed by atoms with van der Waals surface area (Å²) >= 11 is 5.81. The van der Waals surface area contributed by atoms with Gasteiger partial charge in [0.2, 0.25) is 11.8 Å². The normalized spacial score (nSPS) is 21.9. The van der Waals surface area contributed by atoms with Crippen LogP contribution in [0.3, 0.4) is 0 Å². The predicted octanol–water partition coefficient (Wildman–Crippen LogP) is 5.25. The number of hydrogen-bond donors (Lipinski definition) is 2. The topological polar surface area (TPSA) is 104 Å². The second-order valence-electron chi connectivity index (χ2n) is 11.7. The lowest BCUT2D eigenvalue weighted by Crippen LogP contribution is -2.47. The maximum atomic E-state index is 14.5. The van der Waals surface area contributed by atoms with Crippen LogP contribution in [0.5, 0.6) is 0 Å². The third-order valence-corrected chi connectivity index (χ3v) is 8.40. The number of likely N-dealkylation sites (tertiary alicyclic amines) is 2. The Bertz CT molecular complexity index is 1630. The molecule has 13 heteroatoms. The Hall–Kier alpha value is -4.06. The molecule has 1 aromatic heterocycles. The summed E-state index contributed by atoms with van der Waals surface area (Å²) < 4.78 is 44.7. The van der Waals surface area contributed by atoms with Crippen LogP contribution in [0.4, 0.5) is 23.7 Å². The van der Waals surface area contributed by atoms with E-state index in [-0.39, 0.29) is 49.0 Å². The van der Waals surface area contributed by atoms with Crippen LogP contribution in [0, 0.1) is 5.82 Å². The number of carbonyl (C=O) groups is 4. The molecule has 3 heterocycles. The fourth-order valence-corrected chi connectivity index (χ4v) is 6.08. The highest BCUT2D eigenvalue weighted by Crippen LogP contribution is 2.29. The summed E-state index contributed by atoms with van der Waals surface area (Å²) in [5.74, 6) is -2.11. The summed E-state index contributed by atoms with van der Waals surface area (Å²) in [4.78, 5) is 54.3. The largest absolute Gasteiger partial charge is 0.350 e. The summed E-state index contributed by atoms with van der Waals surface area (Å²) in [7, 11) is 0. The lowest BCUT2D eigenvalue weighted by atomic mass is 9.97. The molecule has 2 N–H and O–H groups in total. The summed E-state index contributed by atoms with van der Waals surface area (Å²) in [6.45, 7) is 2.49. The van der Waals surface area contributed by atoms with Crippen LogP contribution >= 0.6 is 11.6 Å². The van der Waals surface area contributed by atoms with E-state index in [0.717, 1.165) is 4.90 Å². The molecule has 1 unspecified atom stereocenters. The van der Waals surface area contributed by atoms with Gasteiger partial charge in [-0.25, -0.2) is 18.0 Å². The molecule has 9 nitrogen and oxygen atoms in total. The fraction of sp³-hybridized carbons (Fsp3) is 0.419. The molecular weight excluding hydrogens is 599 g/mol. The van der Waals surface area contributed by atoms with Crippen LogP contribution in [0.2, 0.25) is 5.02 Å². The van der Waals surface area contributed by atoms with Crippen LogP contribution in [-0.2, 0) is 22.7 Å². The molecule has 3 aromatic rings. The zero-order valence-corrected chi connectivity index (χ0v) is 25.1. The van der Waals surface area contributed by atoms with Crippen molar-refractivity contribution in [2.45, 2.75) is 64.1 Å². The molecule has 0 radical (unpaired) electrons. The van der Waals surface area contributed by atoms with E-state index < -0.39 is 41.5 Å². The minimum atomic E-state index is -1.46. The first-order valence-corrected chi connectivity index (χ1v) is 14.7. The minimum Gasteiger partial charge on any atom is -0.350 e. The second kappa shape index (κ2) is 12.5. The first kappa shape index (κ1) is 31.4. The van der Waals surface area contributed by atoms with Gasteiger partial charge in [0.15, 0.2) is 5.78 Å². The number of nitrogens with one attached hydrogen (secondary N) is 2. The number of carbonyl (C=O) groups excluding carboxylic acids is 4. The van der Waals surface area contributed by atoms with E-state index in [1.54, 1.807) is 28.8 Å². The number of rotatable bonds is 7. The highest BCUT2D eigenvalue weighted by molar-refractivity contribution is 6.30. The van der Waals surface area contributed by atoms with Gasteiger partial charge in [-0.3, -0.25) is 14.4 Å². The number of Topliss-reactive ketones (excluding diaryl/α,β-unsaturated/α-hetero) is 1. The molecule has 4 amide bonds. The van der Waals surface area contributed by atoms with E-state index in [0.29, 0.717) is 41.5 Å². The molecular formula is C31H33ClF3N5O4. The third-order valence-electron chi connectivity index (χ3n) is 8.11. The number of urea groups is 1. The van der Waals surface area contributed by atoms with Crippen LogP contribution < -0.4 is 10.6 Å². The molecule has 5 rings (SSSR count). The van der Waals surface area contributed by atoms with E-state index >= 15 is 0 Å². The van der Waals surface area contributed by atoms with Crippen LogP contribution in [0.15, 0.2) is 42.6 Å². The van der Waals surface area contributed by atoms with Crippen molar-refractivity contribution < 1.29 is 32.3 Å². The van der Waals surface area contributed by atoms with Crippen LogP contribution in [-0.4, -0.2) is 75.5 Å². The number of anilines is 1. The van der Waals surface area contributed by atoms with Crippen molar-refractivity contribution in [2.75, 3.05) is 25.0 Å². The Labute approximate surface area is 257 Å². The Morgan fingerprint density at radius 3 is 2.66 bits per heavy atom. The smallest absolute Gasteiger partial charge is 0.321 e. The highest BCUT2D eigenvalue weighted by Gasteiger charge is 2.40.